The number of hydrazone groups is 1. The van der Waals surface area contributed by atoms with Crippen molar-refractivity contribution >= 4 is 12.2 Å². The van der Waals surface area contributed by atoms with E-state index in [2.05, 4.69) is 22.8 Å². The first kappa shape index (κ1) is 10.0. The van der Waals surface area contributed by atoms with Crippen molar-refractivity contribution in [3.8, 4) is 0 Å². The lowest BCUT2D eigenvalue weighted by Gasteiger charge is -2.33. The molecule has 1 rings (SSSR count). The maximum Gasteiger partial charge on any atom is 0.335 e. The van der Waals surface area contributed by atoms with E-state index in [1.807, 2.05) is 13.1 Å². The number of urea groups is 1. The van der Waals surface area contributed by atoms with Crippen molar-refractivity contribution in [2.75, 3.05) is 6.54 Å². The van der Waals surface area contributed by atoms with Crippen molar-refractivity contribution in [2.24, 2.45) is 10.5 Å². The van der Waals surface area contributed by atoms with Gasteiger partial charge in [-0.15, -0.1) is 0 Å². The summed E-state index contributed by atoms with van der Waals surface area (Å²) < 4.78 is 0. The molecule has 0 spiro atoms. The molecule has 1 saturated carbocycles. The van der Waals surface area contributed by atoms with Gasteiger partial charge in [0, 0.05) is 18.2 Å². The van der Waals surface area contributed by atoms with Crippen molar-refractivity contribution in [1.82, 2.24) is 10.7 Å². The molecule has 1 aliphatic rings. The predicted octanol–water partition coefficient (Wildman–Crippen LogP) is 1.48. The number of carbonyl (C=O) groups is 1. The van der Waals surface area contributed by atoms with E-state index in [9.17, 15) is 4.79 Å². The summed E-state index contributed by atoms with van der Waals surface area (Å²) >= 11 is 0. The Bertz CT molecular complexity index is 209. The van der Waals surface area contributed by atoms with Crippen LogP contribution in [0.5, 0.6) is 0 Å². The standard InChI is InChI=1S/C9H17N3O/c1-3-10-8(13)12-11-7-9(2)5-4-6-9/h7H,3-6H2,1-2H3,(H2,10,12,13)/b11-7+. The molecule has 1 aliphatic carbocycles. The highest BCUT2D eigenvalue weighted by atomic mass is 16.2. The van der Waals surface area contributed by atoms with Crippen LogP contribution in [0, 0.1) is 5.41 Å². The molecule has 0 heterocycles. The molecular weight excluding hydrogens is 166 g/mol. The number of hydrogen-bond acceptors (Lipinski definition) is 2. The molecule has 4 nitrogen and oxygen atoms in total. The third-order valence-electron chi connectivity index (χ3n) is 2.38. The summed E-state index contributed by atoms with van der Waals surface area (Å²) in [7, 11) is 0. The molecule has 0 bridgehead atoms. The van der Waals surface area contributed by atoms with E-state index >= 15 is 0 Å². The largest absolute Gasteiger partial charge is 0.337 e. The van der Waals surface area contributed by atoms with E-state index in [0.29, 0.717) is 6.54 Å². The number of rotatable bonds is 3. The van der Waals surface area contributed by atoms with Gasteiger partial charge in [-0.3, -0.25) is 0 Å². The van der Waals surface area contributed by atoms with E-state index in [0.717, 1.165) is 0 Å². The van der Waals surface area contributed by atoms with Crippen LogP contribution in [0.4, 0.5) is 4.79 Å². The highest BCUT2D eigenvalue weighted by Gasteiger charge is 2.29. The van der Waals surface area contributed by atoms with Gasteiger partial charge in [0.05, 0.1) is 0 Å². The molecule has 4 heteroatoms. The van der Waals surface area contributed by atoms with Crippen LogP contribution in [0.25, 0.3) is 0 Å². The molecule has 0 aromatic rings. The number of nitrogens with one attached hydrogen (secondary N) is 2. The summed E-state index contributed by atoms with van der Waals surface area (Å²) in [6.07, 6.45) is 5.45. The first-order valence-corrected chi connectivity index (χ1v) is 4.74. The Hall–Kier alpha value is -1.06. The normalized spacial score (nSPS) is 19.5. The quantitative estimate of drug-likeness (QED) is 0.505. The van der Waals surface area contributed by atoms with Gasteiger partial charge in [-0.25, -0.2) is 10.2 Å². The Kier molecular flexibility index (Phi) is 3.28. The van der Waals surface area contributed by atoms with Gasteiger partial charge in [0.1, 0.15) is 0 Å². The minimum Gasteiger partial charge on any atom is -0.337 e. The molecule has 0 unspecified atom stereocenters. The topological polar surface area (TPSA) is 53.5 Å². The molecule has 13 heavy (non-hydrogen) atoms. The molecule has 2 amide bonds. The Morgan fingerprint density at radius 1 is 1.62 bits per heavy atom. The molecule has 0 radical (unpaired) electrons. The Balaban J connectivity index is 2.20. The maximum absolute atomic E-state index is 10.9. The smallest absolute Gasteiger partial charge is 0.335 e. The number of hydrogen-bond donors (Lipinski definition) is 2. The fraction of sp³-hybridized carbons (Fsp3) is 0.778. The van der Waals surface area contributed by atoms with Crippen LogP contribution in [0.3, 0.4) is 0 Å². The first-order valence-electron chi connectivity index (χ1n) is 4.74. The van der Waals surface area contributed by atoms with E-state index in [1.54, 1.807) is 0 Å². The molecule has 0 saturated heterocycles. The lowest BCUT2D eigenvalue weighted by molar-refractivity contribution is 0.241. The van der Waals surface area contributed by atoms with Crippen molar-refractivity contribution in [3.63, 3.8) is 0 Å². The van der Waals surface area contributed by atoms with Crippen LogP contribution in [-0.4, -0.2) is 18.8 Å². The lowest BCUT2D eigenvalue weighted by Crippen LogP contribution is -2.34. The van der Waals surface area contributed by atoms with E-state index in [-0.39, 0.29) is 11.4 Å². The second-order valence-corrected chi connectivity index (χ2v) is 3.74. The predicted molar refractivity (Wildman–Crippen MR) is 52.7 cm³/mol. The van der Waals surface area contributed by atoms with Crippen molar-refractivity contribution in [2.45, 2.75) is 33.1 Å². The van der Waals surface area contributed by atoms with E-state index in [1.165, 1.54) is 19.3 Å². The van der Waals surface area contributed by atoms with Crippen molar-refractivity contribution in [3.05, 3.63) is 0 Å². The second-order valence-electron chi connectivity index (χ2n) is 3.74. The highest BCUT2D eigenvalue weighted by Crippen LogP contribution is 2.38. The average Bonchev–Trinajstić information content (AvgIpc) is 2.02. The first-order chi connectivity index (χ1) is 6.16. The van der Waals surface area contributed by atoms with Crippen LogP contribution < -0.4 is 10.7 Å². The zero-order valence-corrected chi connectivity index (χ0v) is 8.26. The van der Waals surface area contributed by atoms with Gasteiger partial charge >= 0.3 is 6.03 Å². The van der Waals surface area contributed by atoms with Crippen molar-refractivity contribution < 1.29 is 4.79 Å². The van der Waals surface area contributed by atoms with Gasteiger partial charge in [0.2, 0.25) is 0 Å². The third-order valence-corrected chi connectivity index (χ3v) is 2.38. The molecular formula is C9H17N3O. The molecule has 0 aromatic heterocycles. The van der Waals surface area contributed by atoms with Crippen LogP contribution >= 0.6 is 0 Å². The van der Waals surface area contributed by atoms with Crippen molar-refractivity contribution in [1.29, 1.82) is 0 Å². The summed E-state index contributed by atoms with van der Waals surface area (Å²) in [5, 5.41) is 6.50. The van der Waals surface area contributed by atoms with Crippen LogP contribution in [0.1, 0.15) is 33.1 Å². The monoisotopic (exact) mass is 183 g/mol. The summed E-state index contributed by atoms with van der Waals surface area (Å²) in [4.78, 5) is 10.9. The molecule has 0 aromatic carbocycles. The second kappa shape index (κ2) is 4.25. The SMILES string of the molecule is CCNC(=O)N/N=C/C1(C)CCC1. The van der Waals surface area contributed by atoms with Crippen LogP contribution in [0.15, 0.2) is 5.10 Å². The molecule has 2 N–H and O–H groups in total. The maximum atomic E-state index is 10.9. The van der Waals surface area contributed by atoms with Crippen LogP contribution in [-0.2, 0) is 0 Å². The summed E-state index contributed by atoms with van der Waals surface area (Å²) in [5.41, 5.74) is 2.65. The number of nitrogens with zero attached hydrogens (tertiary/aromatic N) is 1. The zero-order chi connectivity index (χ0) is 9.73. The number of amides is 2. The average molecular weight is 183 g/mol. The van der Waals surface area contributed by atoms with Gasteiger partial charge < -0.3 is 5.32 Å². The summed E-state index contributed by atoms with van der Waals surface area (Å²) in [5.74, 6) is 0. The fourth-order valence-electron chi connectivity index (χ4n) is 1.31. The Labute approximate surface area is 78.8 Å². The zero-order valence-electron chi connectivity index (χ0n) is 8.26. The van der Waals surface area contributed by atoms with E-state index in [4.69, 9.17) is 0 Å². The van der Waals surface area contributed by atoms with Gasteiger partial charge in [-0.2, -0.15) is 5.10 Å². The fourth-order valence-corrected chi connectivity index (χ4v) is 1.31. The summed E-state index contributed by atoms with van der Waals surface area (Å²) in [6.45, 7) is 4.65. The lowest BCUT2D eigenvalue weighted by atomic mass is 9.72. The molecule has 0 atom stereocenters. The summed E-state index contributed by atoms with van der Waals surface area (Å²) in [6, 6.07) is -0.235. The van der Waals surface area contributed by atoms with Crippen LogP contribution in [0.2, 0.25) is 0 Å². The molecule has 74 valence electrons. The van der Waals surface area contributed by atoms with Gasteiger partial charge in [0.15, 0.2) is 0 Å². The minimum absolute atomic E-state index is 0.222. The Morgan fingerprint density at radius 3 is 2.77 bits per heavy atom. The molecule has 0 aliphatic heterocycles. The third kappa shape index (κ3) is 3.05. The van der Waals surface area contributed by atoms with E-state index < -0.39 is 0 Å². The van der Waals surface area contributed by atoms with Gasteiger partial charge in [-0.05, 0) is 19.8 Å². The Morgan fingerprint density at radius 2 is 2.31 bits per heavy atom. The number of carbonyl (C=O) groups excluding carboxylic acids is 1. The van der Waals surface area contributed by atoms with Gasteiger partial charge in [0.25, 0.3) is 0 Å². The van der Waals surface area contributed by atoms with Gasteiger partial charge in [-0.1, -0.05) is 13.3 Å². The minimum atomic E-state index is -0.235. The highest BCUT2D eigenvalue weighted by molar-refractivity contribution is 5.75. The molecule has 1 fully saturated rings.